The van der Waals surface area contributed by atoms with Crippen molar-refractivity contribution in [2.45, 2.75) is 84.5 Å². The van der Waals surface area contributed by atoms with Crippen molar-refractivity contribution in [3.63, 3.8) is 0 Å². The third-order valence-corrected chi connectivity index (χ3v) is 7.03. The van der Waals surface area contributed by atoms with Gasteiger partial charge in [-0.1, -0.05) is 27.7 Å². The van der Waals surface area contributed by atoms with Crippen LogP contribution in [-0.4, -0.2) is 46.8 Å². The lowest BCUT2D eigenvalue weighted by molar-refractivity contribution is -0.0824. The fourth-order valence-corrected chi connectivity index (χ4v) is 4.97. The van der Waals surface area contributed by atoms with Crippen LogP contribution in [0.2, 0.25) is 0 Å². The van der Waals surface area contributed by atoms with Crippen molar-refractivity contribution in [2.75, 3.05) is 13.2 Å². The molecule has 142 valence electrons. The number of aliphatic hydroxyl groups is 3. The van der Waals surface area contributed by atoms with Gasteiger partial charge in [-0.3, -0.25) is 0 Å². The van der Waals surface area contributed by atoms with E-state index in [1.807, 2.05) is 0 Å². The predicted molar refractivity (Wildman–Crippen MR) is 95.6 cm³/mol. The van der Waals surface area contributed by atoms with E-state index < -0.39 is 6.10 Å². The van der Waals surface area contributed by atoms with Gasteiger partial charge >= 0.3 is 0 Å². The summed E-state index contributed by atoms with van der Waals surface area (Å²) in [7, 11) is 0. The Morgan fingerprint density at radius 1 is 1.00 bits per heavy atom. The second kappa shape index (κ2) is 8.48. The lowest BCUT2D eigenvalue weighted by atomic mass is 9.58. The molecule has 0 spiro atoms. The molecule has 0 aromatic heterocycles. The van der Waals surface area contributed by atoms with Gasteiger partial charge in [0.2, 0.25) is 0 Å². The first-order valence-corrected chi connectivity index (χ1v) is 9.84. The molecule has 0 aromatic carbocycles. The average Bonchev–Trinajstić information content (AvgIpc) is 2.55. The molecule has 0 amide bonds. The van der Waals surface area contributed by atoms with Gasteiger partial charge in [0.25, 0.3) is 0 Å². The zero-order valence-corrected chi connectivity index (χ0v) is 15.9. The van der Waals surface area contributed by atoms with Crippen molar-refractivity contribution in [1.82, 2.24) is 0 Å². The number of hydrogen-bond acceptors (Lipinski definition) is 4. The third-order valence-electron chi connectivity index (χ3n) is 7.03. The molecule has 2 saturated carbocycles. The Morgan fingerprint density at radius 2 is 1.58 bits per heavy atom. The Balaban J connectivity index is 1.89. The maximum absolute atomic E-state index is 10.0. The molecular weight excluding hydrogens is 304 g/mol. The first-order valence-electron chi connectivity index (χ1n) is 9.84. The van der Waals surface area contributed by atoms with Crippen molar-refractivity contribution in [3.05, 3.63) is 0 Å². The van der Waals surface area contributed by atoms with Crippen LogP contribution >= 0.6 is 0 Å². The molecule has 2 rings (SSSR count). The molecular formula is C20H38O4. The van der Waals surface area contributed by atoms with E-state index in [0.717, 1.165) is 25.7 Å². The quantitative estimate of drug-likeness (QED) is 0.694. The molecule has 7 unspecified atom stereocenters. The summed E-state index contributed by atoms with van der Waals surface area (Å²) >= 11 is 0. The van der Waals surface area contributed by atoms with E-state index in [1.54, 1.807) is 0 Å². The van der Waals surface area contributed by atoms with E-state index in [2.05, 4.69) is 27.7 Å². The van der Waals surface area contributed by atoms with Crippen LogP contribution in [-0.2, 0) is 4.74 Å². The predicted octanol–water partition coefficient (Wildman–Crippen LogP) is 2.98. The fraction of sp³-hybridized carbons (Fsp3) is 1.00. The standard InChI is InChI=1S/C20H38O4/c1-13-9-15(5-7-18(13)23)20(3,4)16-6-8-19(14(2)10-16)24-12-17(22)11-21/h13-19,21-23H,5-12H2,1-4H3. The molecule has 4 nitrogen and oxygen atoms in total. The minimum atomic E-state index is -0.762. The summed E-state index contributed by atoms with van der Waals surface area (Å²) in [6, 6.07) is 0. The molecule has 2 aliphatic rings. The van der Waals surface area contributed by atoms with Gasteiger partial charge in [-0.25, -0.2) is 0 Å². The monoisotopic (exact) mass is 342 g/mol. The molecule has 0 aromatic rings. The summed E-state index contributed by atoms with van der Waals surface area (Å²) in [5, 5.41) is 28.4. The minimum absolute atomic E-state index is 0.113. The molecule has 0 saturated heterocycles. The Morgan fingerprint density at radius 3 is 2.12 bits per heavy atom. The zero-order valence-electron chi connectivity index (χ0n) is 15.9. The molecule has 0 heterocycles. The van der Waals surface area contributed by atoms with Crippen LogP contribution in [0.4, 0.5) is 0 Å². The normalized spacial score (nSPS) is 39.6. The second-order valence-corrected chi connectivity index (χ2v) is 9.07. The Hall–Kier alpha value is -0.160. The highest BCUT2D eigenvalue weighted by Gasteiger charge is 2.43. The van der Waals surface area contributed by atoms with Crippen molar-refractivity contribution < 1.29 is 20.1 Å². The Bertz CT molecular complexity index is 384. The Labute approximate surface area is 147 Å². The molecule has 0 bridgehead atoms. The summed E-state index contributed by atoms with van der Waals surface area (Å²) in [6.45, 7) is 9.30. The third kappa shape index (κ3) is 4.72. The first kappa shape index (κ1) is 20.2. The van der Waals surface area contributed by atoms with Crippen LogP contribution in [0.3, 0.4) is 0 Å². The summed E-state index contributed by atoms with van der Waals surface area (Å²) in [4.78, 5) is 0. The fourth-order valence-electron chi connectivity index (χ4n) is 4.97. The van der Waals surface area contributed by atoms with Gasteiger partial charge in [-0.2, -0.15) is 0 Å². The molecule has 24 heavy (non-hydrogen) atoms. The molecule has 7 atom stereocenters. The van der Waals surface area contributed by atoms with Gasteiger partial charge in [-0.15, -0.1) is 0 Å². The van der Waals surface area contributed by atoms with E-state index in [9.17, 15) is 10.2 Å². The van der Waals surface area contributed by atoms with E-state index in [4.69, 9.17) is 9.84 Å². The minimum Gasteiger partial charge on any atom is -0.394 e. The van der Waals surface area contributed by atoms with Crippen molar-refractivity contribution >= 4 is 0 Å². The number of rotatable bonds is 6. The lowest BCUT2D eigenvalue weighted by Crippen LogP contribution is -2.43. The summed E-state index contributed by atoms with van der Waals surface area (Å²) in [5.74, 6) is 2.30. The molecule has 0 aliphatic heterocycles. The highest BCUT2D eigenvalue weighted by molar-refractivity contribution is 4.93. The second-order valence-electron chi connectivity index (χ2n) is 9.07. The van der Waals surface area contributed by atoms with Gasteiger partial charge in [0.05, 0.1) is 25.4 Å². The highest BCUT2D eigenvalue weighted by Crippen LogP contribution is 2.50. The average molecular weight is 343 g/mol. The van der Waals surface area contributed by atoms with E-state index >= 15 is 0 Å². The first-order chi connectivity index (χ1) is 11.3. The maximum Gasteiger partial charge on any atom is 0.100 e. The van der Waals surface area contributed by atoms with Crippen LogP contribution in [0, 0.1) is 29.1 Å². The molecule has 2 aliphatic carbocycles. The van der Waals surface area contributed by atoms with Crippen LogP contribution in [0.15, 0.2) is 0 Å². The van der Waals surface area contributed by atoms with Crippen LogP contribution in [0.25, 0.3) is 0 Å². The van der Waals surface area contributed by atoms with Crippen molar-refractivity contribution in [2.24, 2.45) is 29.1 Å². The summed E-state index contributed by atoms with van der Waals surface area (Å²) in [5.41, 5.74) is 0.304. The van der Waals surface area contributed by atoms with Crippen LogP contribution in [0.5, 0.6) is 0 Å². The molecule has 3 N–H and O–H groups in total. The van der Waals surface area contributed by atoms with E-state index in [-0.39, 0.29) is 25.4 Å². The van der Waals surface area contributed by atoms with Crippen LogP contribution < -0.4 is 0 Å². The number of aliphatic hydroxyl groups excluding tert-OH is 3. The smallest absolute Gasteiger partial charge is 0.100 e. The Kier molecular flexibility index (Phi) is 7.12. The highest BCUT2D eigenvalue weighted by atomic mass is 16.5. The van der Waals surface area contributed by atoms with E-state index in [1.165, 1.54) is 12.8 Å². The van der Waals surface area contributed by atoms with Gasteiger partial charge in [-0.05, 0) is 67.6 Å². The van der Waals surface area contributed by atoms with Gasteiger partial charge in [0.1, 0.15) is 6.10 Å². The molecule has 4 heteroatoms. The summed E-state index contributed by atoms with van der Waals surface area (Å²) in [6.07, 6.45) is 5.93. The van der Waals surface area contributed by atoms with Crippen molar-refractivity contribution in [3.8, 4) is 0 Å². The SMILES string of the molecule is CC1CC(C(C)(C)C2CCC(OCC(O)CO)C(C)C2)CCC1O. The zero-order chi connectivity index (χ0) is 17.9. The van der Waals surface area contributed by atoms with Crippen LogP contribution in [0.1, 0.15) is 66.2 Å². The number of ether oxygens (including phenoxy) is 1. The van der Waals surface area contributed by atoms with Gasteiger partial charge in [0.15, 0.2) is 0 Å². The summed E-state index contributed by atoms with van der Waals surface area (Å²) < 4.78 is 5.84. The van der Waals surface area contributed by atoms with E-state index in [0.29, 0.717) is 29.1 Å². The van der Waals surface area contributed by atoms with Crippen molar-refractivity contribution in [1.29, 1.82) is 0 Å². The maximum atomic E-state index is 10.0. The van der Waals surface area contributed by atoms with Gasteiger partial charge < -0.3 is 20.1 Å². The molecule has 2 fully saturated rings. The number of hydrogen-bond donors (Lipinski definition) is 3. The van der Waals surface area contributed by atoms with Gasteiger partial charge in [0, 0.05) is 0 Å². The lowest BCUT2D eigenvalue weighted by Gasteiger charge is -2.49. The topological polar surface area (TPSA) is 69.9 Å². The molecule has 0 radical (unpaired) electrons. The largest absolute Gasteiger partial charge is 0.394 e.